The van der Waals surface area contributed by atoms with Crippen LogP contribution in [0.5, 0.6) is 0 Å². The predicted molar refractivity (Wildman–Crippen MR) is 311 cm³/mol. The summed E-state index contributed by atoms with van der Waals surface area (Å²) in [5.74, 6) is 0. The minimum absolute atomic E-state index is 0.204. The average molecular weight is 1120 g/mol. The van der Waals surface area contributed by atoms with Gasteiger partial charge < -0.3 is 58.5 Å². The number of amides is 4. The number of carbonyl (C=O) groups is 5. The highest BCUT2D eigenvalue weighted by atomic mass is 16.6. The molecule has 0 saturated carbocycles. The molecule has 438 valence electrons. The predicted octanol–water partition coefficient (Wildman–Crippen LogP) is 8.59. The fourth-order valence-corrected chi connectivity index (χ4v) is 11.4. The van der Waals surface area contributed by atoms with Crippen molar-refractivity contribution in [1.29, 1.82) is 0 Å². The smallest absolute Gasteiger partial charge is 0.410 e. The Morgan fingerprint density at radius 1 is 0.543 bits per heavy atom. The monoisotopic (exact) mass is 1110 g/mol. The number of ether oxygens (including phenoxy) is 4. The summed E-state index contributed by atoms with van der Waals surface area (Å²) in [7, 11) is 0. The number of pyridine rings is 2. The van der Waals surface area contributed by atoms with Crippen LogP contribution in [0.1, 0.15) is 103 Å². The number of fused-ring (bicyclic) bond motifs is 4. The number of benzene rings is 2. The van der Waals surface area contributed by atoms with Gasteiger partial charge in [0.05, 0.1) is 0 Å². The second kappa shape index (κ2) is 28.6. The molecule has 8 heterocycles. The molecule has 81 heavy (non-hydrogen) atoms. The van der Waals surface area contributed by atoms with Crippen molar-refractivity contribution in [2.45, 2.75) is 141 Å². The zero-order valence-corrected chi connectivity index (χ0v) is 48.6. The first-order chi connectivity index (χ1) is 39.0. The minimum atomic E-state index is -0.477. The first-order valence-electron chi connectivity index (χ1n) is 29.2. The Kier molecular flexibility index (Phi) is 21.2. The Labute approximate surface area is 479 Å². The van der Waals surface area contributed by atoms with E-state index < -0.39 is 11.2 Å². The number of carbonyl (C=O) groups excluding carboxylic acids is 5. The normalized spacial score (nSPS) is 20.8. The highest BCUT2D eigenvalue weighted by Gasteiger charge is 2.44. The molecule has 6 saturated heterocycles. The fourth-order valence-electron chi connectivity index (χ4n) is 11.4. The van der Waals surface area contributed by atoms with E-state index >= 15 is 0 Å². The van der Waals surface area contributed by atoms with Crippen molar-refractivity contribution in [2.75, 3.05) is 94.9 Å². The lowest BCUT2D eigenvalue weighted by Crippen LogP contribution is -2.56. The van der Waals surface area contributed by atoms with E-state index in [-0.39, 0.29) is 24.4 Å². The molecule has 0 aliphatic carbocycles. The molecule has 2 aromatic heterocycles. The number of anilines is 2. The summed E-state index contributed by atoms with van der Waals surface area (Å²) in [6.07, 6.45) is 11.2. The van der Waals surface area contributed by atoms with Crippen LogP contribution in [0.15, 0.2) is 97.3 Å². The Morgan fingerprint density at radius 2 is 0.963 bits per heavy atom. The van der Waals surface area contributed by atoms with Gasteiger partial charge in [0, 0.05) is 144 Å². The van der Waals surface area contributed by atoms with E-state index in [4.69, 9.17) is 18.9 Å². The summed E-state index contributed by atoms with van der Waals surface area (Å²) in [6, 6.07) is 29.2. The Morgan fingerprint density at radius 3 is 1.38 bits per heavy atom. The molecule has 6 aliphatic heterocycles. The van der Waals surface area contributed by atoms with Gasteiger partial charge in [0.1, 0.15) is 30.7 Å². The minimum Gasteiger partial charge on any atom is -0.445 e. The van der Waals surface area contributed by atoms with Gasteiger partial charge in [-0.05, 0) is 128 Å². The lowest BCUT2D eigenvalue weighted by atomic mass is 10.1. The molecular weight excluding hydrogens is 1030 g/mol. The fraction of sp³-hybridized carbons (Fsp3) is 0.565. The molecule has 19 heteroatoms. The van der Waals surface area contributed by atoms with E-state index in [1.165, 1.54) is 5.69 Å². The highest BCUT2D eigenvalue weighted by molar-refractivity contribution is 5.70. The van der Waals surface area contributed by atoms with Gasteiger partial charge in [-0.2, -0.15) is 0 Å². The summed E-state index contributed by atoms with van der Waals surface area (Å²) in [4.78, 5) is 83.4. The molecule has 2 aromatic carbocycles. The van der Waals surface area contributed by atoms with Crippen molar-refractivity contribution in [2.24, 2.45) is 0 Å². The summed E-state index contributed by atoms with van der Waals surface area (Å²) in [5.41, 5.74) is 5.49. The highest BCUT2D eigenvalue weighted by Crippen LogP contribution is 2.37. The van der Waals surface area contributed by atoms with Gasteiger partial charge in [0.25, 0.3) is 0 Å². The molecule has 4 amide bonds. The molecule has 0 radical (unpaired) electrons. The van der Waals surface area contributed by atoms with Crippen LogP contribution in [0.2, 0.25) is 0 Å². The van der Waals surface area contributed by atoms with E-state index in [0.29, 0.717) is 89.5 Å². The van der Waals surface area contributed by atoms with Crippen LogP contribution in [-0.4, -0.2) is 186 Å². The average Bonchev–Trinajstić information content (AvgIpc) is 4.06. The third kappa shape index (κ3) is 18.0. The number of aromatic nitrogens is 2. The van der Waals surface area contributed by atoms with Crippen molar-refractivity contribution >= 4 is 42.0 Å². The first kappa shape index (κ1) is 60.1. The molecule has 4 atom stereocenters. The van der Waals surface area contributed by atoms with E-state index in [0.717, 1.165) is 119 Å². The number of nitrogens with zero attached hydrogens (tertiary/aromatic N) is 9. The van der Waals surface area contributed by atoms with Crippen LogP contribution >= 0.6 is 0 Å². The molecule has 6 aliphatic rings. The van der Waals surface area contributed by atoms with Gasteiger partial charge in [-0.3, -0.25) is 14.9 Å². The van der Waals surface area contributed by atoms with E-state index in [9.17, 15) is 24.0 Å². The lowest BCUT2D eigenvalue weighted by Gasteiger charge is -2.42. The van der Waals surface area contributed by atoms with Crippen LogP contribution in [-0.2, 0) is 49.8 Å². The number of piperazine rings is 4. The van der Waals surface area contributed by atoms with Crippen LogP contribution in [0.4, 0.5) is 30.6 Å². The summed E-state index contributed by atoms with van der Waals surface area (Å²) >= 11 is 0. The Bertz CT molecular complexity index is 2630. The number of hydrogen-bond acceptors (Lipinski definition) is 15. The molecule has 4 bridgehead atoms. The van der Waals surface area contributed by atoms with Crippen molar-refractivity contribution in [3.8, 4) is 0 Å². The zero-order chi connectivity index (χ0) is 57.4. The molecule has 0 spiro atoms. The maximum atomic E-state index is 12.7. The zero-order valence-electron chi connectivity index (χ0n) is 48.6. The number of aryl methyl sites for hydroxylation is 2. The summed E-state index contributed by atoms with van der Waals surface area (Å²) < 4.78 is 21.9. The number of aldehydes is 1. The van der Waals surface area contributed by atoms with Gasteiger partial charge >= 0.3 is 24.4 Å². The van der Waals surface area contributed by atoms with Crippen molar-refractivity contribution < 1.29 is 42.9 Å². The van der Waals surface area contributed by atoms with Gasteiger partial charge in [-0.15, -0.1) is 0 Å². The quantitative estimate of drug-likeness (QED) is 0.0992. The van der Waals surface area contributed by atoms with Crippen LogP contribution in [0.3, 0.4) is 0 Å². The van der Waals surface area contributed by atoms with E-state index in [1.54, 1.807) is 9.80 Å². The topological polar surface area (TPSA) is 183 Å². The van der Waals surface area contributed by atoms with Crippen molar-refractivity contribution in [3.63, 3.8) is 0 Å². The molecule has 10 rings (SSSR count). The Hall–Kier alpha value is -6.99. The standard InChI is InChI=1S/C31H43N5O4.C19H27N3O3.C12H16N2O2/c1-31(2,3)40-30(38)35-21-27-11-12-28(22-35)36(27)26-13-14-32-25(20-26)10-7-15-33-16-18-34(19-17-33)29(37)39-23-24-8-5-4-6-9-24;1-19(2,3)25-18(24)21-12-16-6-7-17(13-21)22(16)15-8-9-20-14(11-15)5-4-10-23;15-12(14-8-6-13-7-9-14)16-10-11-4-2-1-3-5-11/h4-6,8-9,13-14,20,27-28H,7,10-12,15-19,21-23H2,1-3H3;8-11,16-17H,4-7,12-13H2,1-3H3;1-5,13H,6-10H2. The van der Waals surface area contributed by atoms with Gasteiger partial charge in [-0.25, -0.2) is 19.2 Å². The van der Waals surface area contributed by atoms with Crippen LogP contribution in [0.25, 0.3) is 0 Å². The van der Waals surface area contributed by atoms with Gasteiger partial charge in [0.15, 0.2) is 0 Å². The van der Waals surface area contributed by atoms with E-state index in [1.807, 2.05) is 130 Å². The third-order valence-corrected chi connectivity index (χ3v) is 15.3. The van der Waals surface area contributed by atoms with Crippen molar-refractivity contribution in [1.82, 2.24) is 39.8 Å². The largest absolute Gasteiger partial charge is 0.445 e. The van der Waals surface area contributed by atoms with Crippen molar-refractivity contribution in [3.05, 3.63) is 120 Å². The van der Waals surface area contributed by atoms with Crippen LogP contribution < -0.4 is 15.1 Å². The van der Waals surface area contributed by atoms with Crippen LogP contribution in [0, 0.1) is 0 Å². The number of hydrogen-bond donors (Lipinski definition) is 1. The van der Waals surface area contributed by atoms with Gasteiger partial charge in [0.2, 0.25) is 0 Å². The maximum Gasteiger partial charge on any atom is 0.410 e. The molecule has 4 aromatic rings. The molecule has 6 fully saturated rings. The lowest BCUT2D eigenvalue weighted by molar-refractivity contribution is -0.107. The first-order valence-corrected chi connectivity index (χ1v) is 29.2. The molecule has 1 N–H and O–H groups in total. The number of nitrogens with one attached hydrogen (secondary N) is 1. The second-order valence-corrected chi connectivity index (χ2v) is 23.8. The number of likely N-dealkylation sites (tertiary alicyclic amines) is 2. The Balaban J connectivity index is 0.000000178. The SMILES string of the molecule is CC(C)(C)OC(=O)N1CC2CCC(C1)N2c1ccnc(CCC=O)c1.CC(C)(C)OC(=O)N1CC2CCC(C1)N2c1ccnc(CCCN2CCN(C(=O)OCc3ccccc3)CC2)c1.O=C(OCc1ccccc1)N1CCNCC1. The maximum absolute atomic E-state index is 12.7. The summed E-state index contributed by atoms with van der Waals surface area (Å²) in [5, 5.41) is 3.19. The summed E-state index contributed by atoms with van der Waals surface area (Å²) in [6.45, 7) is 22.1. The third-order valence-electron chi connectivity index (χ3n) is 15.3. The molecule has 4 unspecified atom stereocenters. The van der Waals surface area contributed by atoms with Gasteiger partial charge in [-0.1, -0.05) is 60.7 Å². The second-order valence-electron chi connectivity index (χ2n) is 23.8. The molecule has 19 nitrogen and oxygen atoms in total. The number of rotatable bonds is 13. The molecular formula is C62H86N10O9. The van der Waals surface area contributed by atoms with E-state index in [2.05, 4.69) is 48.2 Å².